The molecule has 0 aromatic heterocycles. The van der Waals surface area contributed by atoms with Crippen molar-refractivity contribution in [2.24, 2.45) is 10.9 Å². The second-order valence-corrected chi connectivity index (χ2v) is 4.12. The molecule has 1 atom stereocenters. The zero-order chi connectivity index (χ0) is 10.7. The molecule has 1 aliphatic heterocycles. The largest absolute Gasteiger partial charge is 0.289 e. The summed E-state index contributed by atoms with van der Waals surface area (Å²) in [6.07, 6.45) is 2.28. The van der Waals surface area contributed by atoms with Gasteiger partial charge in [0.25, 0.3) is 0 Å². The van der Waals surface area contributed by atoms with Crippen molar-refractivity contribution in [1.29, 1.82) is 5.26 Å². The van der Waals surface area contributed by atoms with Gasteiger partial charge in [-0.25, -0.2) is 0 Å². The number of nitrogens with zero attached hydrogens (tertiary/aromatic N) is 2. The second-order valence-electron chi connectivity index (χ2n) is 4.12. The van der Waals surface area contributed by atoms with E-state index in [4.69, 9.17) is 5.26 Å². The highest BCUT2D eigenvalue weighted by Gasteiger charge is 2.12. The van der Waals surface area contributed by atoms with Crippen LogP contribution in [0.15, 0.2) is 29.3 Å². The third kappa shape index (κ3) is 2.24. The van der Waals surface area contributed by atoms with E-state index >= 15 is 0 Å². The Balaban J connectivity index is 2.20. The number of hydrogen-bond donors (Lipinski definition) is 0. The lowest BCUT2D eigenvalue weighted by Gasteiger charge is -2.17. The minimum absolute atomic E-state index is 0.712. The Kier molecular flexibility index (Phi) is 2.82. The van der Waals surface area contributed by atoms with Crippen molar-refractivity contribution in [3.05, 3.63) is 35.4 Å². The van der Waals surface area contributed by atoms with Gasteiger partial charge in [-0.1, -0.05) is 19.1 Å². The van der Waals surface area contributed by atoms with Crippen molar-refractivity contribution >= 4 is 5.71 Å². The molecule has 0 spiro atoms. The van der Waals surface area contributed by atoms with Crippen LogP contribution in [0.2, 0.25) is 0 Å². The van der Waals surface area contributed by atoms with Crippen molar-refractivity contribution in [3.63, 3.8) is 0 Å². The van der Waals surface area contributed by atoms with Gasteiger partial charge in [-0.05, 0) is 36.5 Å². The maximum atomic E-state index is 8.69. The van der Waals surface area contributed by atoms with Gasteiger partial charge < -0.3 is 0 Å². The minimum atomic E-state index is 0.712. The third-order valence-electron chi connectivity index (χ3n) is 2.81. The Morgan fingerprint density at radius 2 is 2.07 bits per heavy atom. The highest BCUT2D eigenvalue weighted by Crippen LogP contribution is 2.17. The molecule has 1 aromatic rings. The van der Waals surface area contributed by atoms with E-state index in [1.807, 2.05) is 24.3 Å². The van der Waals surface area contributed by atoms with Crippen LogP contribution < -0.4 is 0 Å². The van der Waals surface area contributed by atoms with E-state index < -0.39 is 0 Å². The summed E-state index contributed by atoms with van der Waals surface area (Å²) in [6, 6.07) is 9.83. The number of rotatable bonds is 1. The minimum Gasteiger partial charge on any atom is -0.289 e. The van der Waals surface area contributed by atoms with Crippen molar-refractivity contribution in [2.75, 3.05) is 6.54 Å². The summed E-state index contributed by atoms with van der Waals surface area (Å²) in [5, 5.41) is 8.69. The number of benzene rings is 1. The van der Waals surface area contributed by atoms with Gasteiger partial charge in [-0.3, -0.25) is 4.99 Å². The molecule has 0 N–H and O–H groups in total. The molecule has 2 heteroatoms. The van der Waals surface area contributed by atoms with E-state index in [9.17, 15) is 0 Å². The monoisotopic (exact) mass is 198 g/mol. The van der Waals surface area contributed by atoms with Crippen LogP contribution >= 0.6 is 0 Å². The van der Waals surface area contributed by atoms with E-state index in [0.29, 0.717) is 11.5 Å². The van der Waals surface area contributed by atoms with E-state index in [0.717, 1.165) is 13.0 Å². The molecule has 0 aliphatic carbocycles. The summed E-state index contributed by atoms with van der Waals surface area (Å²) in [5.41, 5.74) is 3.07. The SMILES string of the molecule is CC1CCC(c2ccc(C#N)cc2)=NC1. The fourth-order valence-corrected chi connectivity index (χ4v) is 1.79. The van der Waals surface area contributed by atoms with Crippen molar-refractivity contribution in [1.82, 2.24) is 0 Å². The molecule has 1 unspecified atom stereocenters. The van der Waals surface area contributed by atoms with E-state index in [1.54, 1.807) is 0 Å². The molecule has 0 fully saturated rings. The van der Waals surface area contributed by atoms with Crippen LogP contribution in [0, 0.1) is 17.2 Å². The molecule has 0 radical (unpaired) electrons. The Bertz CT molecular complexity index is 409. The maximum Gasteiger partial charge on any atom is 0.0991 e. The van der Waals surface area contributed by atoms with Gasteiger partial charge in [0, 0.05) is 12.3 Å². The normalized spacial score (nSPS) is 20.5. The number of aliphatic imine (C=N–C) groups is 1. The molecule has 76 valence electrons. The smallest absolute Gasteiger partial charge is 0.0991 e. The van der Waals surface area contributed by atoms with Crippen molar-refractivity contribution < 1.29 is 0 Å². The standard InChI is InChI=1S/C13H14N2/c1-10-2-7-13(15-9-10)12-5-3-11(8-14)4-6-12/h3-6,10H,2,7,9H2,1H3. The van der Waals surface area contributed by atoms with Gasteiger partial charge in [0.15, 0.2) is 0 Å². The van der Waals surface area contributed by atoms with Gasteiger partial charge in [-0.2, -0.15) is 5.26 Å². The van der Waals surface area contributed by atoms with Crippen molar-refractivity contribution in [3.8, 4) is 6.07 Å². The summed E-state index contributed by atoms with van der Waals surface area (Å²) in [6.45, 7) is 3.17. The Morgan fingerprint density at radius 1 is 1.33 bits per heavy atom. The lowest BCUT2D eigenvalue weighted by molar-refractivity contribution is 0.538. The van der Waals surface area contributed by atoms with Gasteiger partial charge in [0.1, 0.15) is 0 Å². The predicted octanol–water partition coefficient (Wildman–Crippen LogP) is 2.78. The summed E-state index contributed by atoms with van der Waals surface area (Å²) >= 11 is 0. The highest BCUT2D eigenvalue weighted by atomic mass is 14.8. The lowest BCUT2D eigenvalue weighted by Crippen LogP contribution is -2.14. The molecule has 0 bridgehead atoms. The number of hydrogen-bond acceptors (Lipinski definition) is 2. The van der Waals surface area contributed by atoms with Crippen LogP contribution in [0.3, 0.4) is 0 Å². The van der Waals surface area contributed by atoms with Crippen LogP contribution in [0.5, 0.6) is 0 Å². The molecule has 15 heavy (non-hydrogen) atoms. The first-order valence-electron chi connectivity index (χ1n) is 5.33. The van der Waals surface area contributed by atoms with Crippen LogP contribution in [-0.2, 0) is 0 Å². The Labute approximate surface area is 90.3 Å². The summed E-state index contributed by atoms with van der Waals surface area (Å²) < 4.78 is 0. The number of nitriles is 1. The first kappa shape index (κ1) is 9.92. The van der Waals surface area contributed by atoms with E-state index in [-0.39, 0.29) is 0 Å². The van der Waals surface area contributed by atoms with Gasteiger partial charge in [0.2, 0.25) is 0 Å². The van der Waals surface area contributed by atoms with E-state index in [1.165, 1.54) is 17.7 Å². The van der Waals surface area contributed by atoms with Crippen LogP contribution in [-0.4, -0.2) is 12.3 Å². The van der Waals surface area contributed by atoms with Crippen LogP contribution in [0.25, 0.3) is 0 Å². The molecular weight excluding hydrogens is 184 g/mol. The summed E-state index contributed by atoms with van der Waals surface area (Å²) in [5.74, 6) is 0.715. The molecule has 1 heterocycles. The quantitative estimate of drug-likeness (QED) is 0.683. The first-order valence-corrected chi connectivity index (χ1v) is 5.33. The maximum absolute atomic E-state index is 8.69. The van der Waals surface area contributed by atoms with E-state index in [2.05, 4.69) is 18.0 Å². The highest BCUT2D eigenvalue weighted by molar-refractivity contribution is 6.00. The van der Waals surface area contributed by atoms with Crippen molar-refractivity contribution in [2.45, 2.75) is 19.8 Å². The second kappa shape index (κ2) is 4.27. The lowest BCUT2D eigenvalue weighted by atomic mass is 9.95. The van der Waals surface area contributed by atoms with Gasteiger partial charge >= 0.3 is 0 Å². The van der Waals surface area contributed by atoms with Gasteiger partial charge in [0.05, 0.1) is 11.6 Å². The predicted molar refractivity (Wildman–Crippen MR) is 61.0 cm³/mol. The Hall–Kier alpha value is -1.62. The molecule has 2 nitrogen and oxygen atoms in total. The average molecular weight is 198 g/mol. The molecular formula is C13H14N2. The van der Waals surface area contributed by atoms with Gasteiger partial charge in [-0.15, -0.1) is 0 Å². The fourth-order valence-electron chi connectivity index (χ4n) is 1.79. The topological polar surface area (TPSA) is 36.1 Å². The molecule has 1 aromatic carbocycles. The molecule has 0 amide bonds. The molecule has 2 rings (SSSR count). The van der Waals surface area contributed by atoms with Crippen LogP contribution in [0.1, 0.15) is 30.9 Å². The molecule has 1 aliphatic rings. The summed E-state index contributed by atoms with van der Waals surface area (Å²) in [4.78, 5) is 4.57. The zero-order valence-corrected chi connectivity index (χ0v) is 8.90. The Morgan fingerprint density at radius 3 is 2.60 bits per heavy atom. The average Bonchev–Trinajstić information content (AvgIpc) is 2.30. The first-order chi connectivity index (χ1) is 7.29. The zero-order valence-electron chi connectivity index (χ0n) is 8.90. The van der Waals surface area contributed by atoms with Crippen LogP contribution in [0.4, 0.5) is 0 Å². The molecule has 0 saturated heterocycles. The summed E-state index contributed by atoms with van der Waals surface area (Å²) in [7, 11) is 0. The molecule has 0 saturated carbocycles. The fraction of sp³-hybridized carbons (Fsp3) is 0.385. The third-order valence-corrected chi connectivity index (χ3v) is 2.81.